The molecule has 0 spiro atoms. The molecule has 36 heavy (non-hydrogen) atoms. The van der Waals surface area contributed by atoms with Gasteiger partial charge in [0.15, 0.2) is 0 Å². The van der Waals surface area contributed by atoms with Gasteiger partial charge in [0.05, 0.1) is 36.3 Å². The lowest BCUT2D eigenvalue weighted by atomic mass is 10.1. The third kappa shape index (κ3) is 7.19. The summed E-state index contributed by atoms with van der Waals surface area (Å²) in [5.41, 5.74) is 0.697. The smallest absolute Gasteiger partial charge is 0.329 e. The van der Waals surface area contributed by atoms with E-state index in [1.54, 1.807) is 36.2 Å². The van der Waals surface area contributed by atoms with E-state index in [0.29, 0.717) is 28.8 Å². The number of β-amino-alcohol motifs (C(OH)–C–C–N with tert-alkyl or cyclic N) is 1. The first kappa shape index (κ1) is 27.9. The highest BCUT2D eigenvalue weighted by atomic mass is 35.5. The van der Waals surface area contributed by atoms with Crippen molar-refractivity contribution in [3.05, 3.63) is 39.9 Å². The summed E-state index contributed by atoms with van der Waals surface area (Å²) >= 11 is 11.9. The standard InChI is InChI=1S/C24H30Cl2N4O6/c1-27-13-17(31)14-29(15-27)23(34)12-20(24(35)36-2)30-10-9-28(8-7-22(30)33)21(32)6-4-16-3-5-18(25)19(26)11-16/h3-6,11,17,20,31H,7-10,12-15H2,1-2H3/b6-4+/t17-,20?/m0/s1. The van der Waals surface area contributed by atoms with Gasteiger partial charge >= 0.3 is 5.97 Å². The van der Waals surface area contributed by atoms with E-state index in [1.165, 1.54) is 27.9 Å². The van der Waals surface area contributed by atoms with Crippen LogP contribution in [0.5, 0.6) is 0 Å². The van der Waals surface area contributed by atoms with Crippen LogP contribution < -0.4 is 0 Å². The number of aliphatic hydroxyl groups excluding tert-OH is 1. The molecular weight excluding hydrogens is 511 g/mol. The molecule has 2 heterocycles. The maximum Gasteiger partial charge on any atom is 0.329 e. The number of hydrogen-bond acceptors (Lipinski definition) is 7. The van der Waals surface area contributed by atoms with Crippen molar-refractivity contribution in [1.82, 2.24) is 19.6 Å². The molecule has 2 aliphatic heterocycles. The third-order valence-electron chi connectivity index (χ3n) is 6.14. The summed E-state index contributed by atoms with van der Waals surface area (Å²) in [6.07, 6.45) is 2.03. The summed E-state index contributed by atoms with van der Waals surface area (Å²) in [4.78, 5) is 57.3. The van der Waals surface area contributed by atoms with Gasteiger partial charge in [0.1, 0.15) is 6.04 Å². The van der Waals surface area contributed by atoms with Crippen molar-refractivity contribution in [1.29, 1.82) is 0 Å². The van der Waals surface area contributed by atoms with Gasteiger partial charge in [-0.25, -0.2) is 4.79 Å². The molecule has 2 aliphatic rings. The van der Waals surface area contributed by atoms with Gasteiger partial charge in [-0.3, -0.25) is 19.3 Å². The summed E-state index contributed by atoms with van der Waals surface area (Å²) < 4.78 is 4.89. The van der Waals surface area contributed by atoms with Gasteiger partial charge < -0.3 is 24.5 Å². The molecule has 0 aromatic heterocycles. The second-order valence-corrected chi connectivity index (χ2v) is 9.68. The number of benzene rings is 1. The normalized spacial score (nSPS) is 20.4. The maximum absolute atomic E-state index is 12.9. The molecular formula is C24H30Cl2N4O6. The molecule has 12 heteroatoms. The molecule has 0 radical (unpaired) electrons. The first-order valence-electron chi connectivity index (χ1n) is 11.5. The molecule has 2 atom stereocenters. The van der Waals surface area contributed by atoms with Gasteiger partial charge in [0.25, 0.3) is 0 Å². The Bertz CT molecular complexity index is 1030. The molecule has 2 fully saturated rings. The largest absolute Gasteiger partial charge is 0.467 e. The van der Waals surface area contributed by atoms with Crippen LogP contribution in [0, 0.1) is 0 Å². The molecule has 0 aliphatic carbocycles. The zero-order chi connectivity index (χ0) is 26.4. The summed E-state index contributed by atoms with van der Waals surface area (Å²) in [5.74, 6) is -1.73. The number of halogens is 2. The van der Waals surface area contributed by atoms with Gasteiger partial charge in [0.2, 0.25) is 17.7 Å². The number of nitrogens with zero attached hydrogens (tertiary/aromatic N) is 4. The monoisotopic (exact) mass is 540 g/mol. The molecule has 0 saturated carbocycles. The predicted molar refractivity (Wildman–Crippen MR) is 134 cm³/mol. The molecule has 2 saturated heterocycles. The van der Waals surface area contributed by atoms with Crippen LogP contribution in [-0.2, 0) is 23.9 Å². The molecule has 1 N–H and O–H groups in total. The van der Waals surface area contributed by atoms with Crippen molar-refractivity contribution in [3.63, 3.8) is 0 Å². The third-order valence-corrected chi connectivity index (χ3v) is 6.88. The van der Waals surface area contributed by atoms with E-state index in [-0.39, 0.29) is 56.7 Å². The lowest BCUT2D eigenvalue weighted by molar-refractivity contribution is -0.156. The van der Waals surface area contributed by atoms with Crippen LogP contribution in [-0.4, -0.2) is 114 Å². The van der Waals surface area contributed by atoms with E-state index < -0.39 is 18.1 Å². The van der Waals surface area contributed by atoms with Gasteiger partial charge in [0, 0.05) is 45.2 Å². The van der Waals surface area contributed by atoms with Crippen LogP contribution in [0.2, 0.25) is 10.0 Å². The number of carbonyl (C=O) groups excluding carboxylic acids is 4. The predicted octanol–water partition coefficient (Wildman–Crippen LogP) is 1.09. The Hall–Kier alpha value is -2.66. The number of likely N-dealkylation sites (N-methyl/N-ethyl adjacent to an activating group) is 1. The average Bonchev–Trinajstić information content (AvgIpc) is 3.03. The van der Waals surface area contributed by atoms with E-state index in [4.69, 9.17) is 27.9 Å². The fraction of sp³-hybridized carbons (Fsp3) is 0.500. The molecule has 3 rings (SSSR count). The first-order valence-corrected chi connectivity index (χ1v) is 12.3. The SMILES string of the molecule is COC(=O)C(CC(=O)N1C[C@@H](O)CN(C)C1)N1CCN(C(=O)/C=C/c2ccc(Cl)c(Cl)c2)CCC1=O. The number of esters is 1. The highest BCUT2D eigenvalue weighted by Gasteiger charge is 2.37. The van der Waals surface area contributed by atoms with E-state index in [9.17, 15) is 24.3 Å². The second kappa shape index (κ2) is 12.5. The fourth-order valence-corrected chi connectivity index (χ4v) is 4.60. The minimum atomic E-state index is -1.12. The van der Waals surface area contributed by atoms with E-state index in [2.05, 4.69) is 0 Å². The molecule has 1 aromatic rings. The van der Waals surface area contributed by atoms with Crippen molar-refractivity contribution < 1.29 is 29.0 Å². The minimum Gasteiger partial charge on any atom is -0.467 e. The van der Waals surface area contributed by atoms with E-state index in [1.807, 2.05) is 0 Å². The average molecular weight is 541 g/mol. The van der Waals surface area contributed by atoms with Crippen molar-refractivity contribution in [2.24, 2.45) is 0 Å². The van der Waals surface area contributed by atoms with Crippen LogP contribution in [0.15, 0.2) is 24.3 Å². The lowest BCUT2D eigenvalue weighted by Crippen LogP contribution is -2.55. The Labute approximate surface area is 219 Å². The Kier molecular flexibility index (Phi) is 9.72. The van der Waals surface area contributed by atoms with Crippen LogP contribution in [0.3, 0.4) is 0 Å². The van der Waals surface area contributed by atoms with Crippen LogP contribution in [0.25, 0.3) is 6.08 Å². The van der Waals surface area contributed by atoms with Gasteiger partial charge in [-0.05, 0) is 30.8 Å². The number of amides is 3. The van der Waals surface area contributed by atoms with E-state index >= 15 is 0 Å². The Balaban J connectivity index is 1.67. The van der Waals surface area contributed by atoms with Gasteiger partial charge in [-0.15, -0.1) is 0 Å². The van der Waals surface area contributed by atoms with Crippen molar-refractivity contribution in [2.75, 3.05) is 53.5 Å². The molecule has 1 aromatic carbocycles. The van der Waals surface area contributed by atoms with Crippen molar-refractivity contribution in [2.45, 2.75) is 25.0 Å². The second-order valence-electron chi connectivity index (χ2n) is 8.86. The lowest BCUT2D eigenvalue weighted by Gasteiger charge is -2.37. The summed E-state index contributed by atoms with van der Waals surface area (Å²) in [5, 5.41) is 10.8. The van der Waals surface area contributed by atoms with Crippen molar-refractivity contribution >= 4 is 53.0 Å². The number of hydrogen-bond donors (Lipinski definition) is 1. The topological polar surface area (TPSA) is 111 Å². The molecule has 3 amide bonds. The van der Waals surface area contributed by atoms with Crippen LogP contribution in [0.4, 0.5) is 0 Å². The Morgan fingerprint density at radius 3 is 2.56 bits per heavy atom. The highest BCUT2D eigenvalue weighted by Crippen LogP contribution is 2.23. The summed E-state index contributed by atoms with van der Waals surface area (Å²) in [6.45, 7) is 1.33. The number of ether oxygens (including phenoxy) is 1. The quantitative estimate of drug-likeness (QED) is 0.424. The number of carbonyl (C=O) groups is 4. The Morgan fingerprint density at radius 2 is 1.89 bits per heavy atom. The molecule has 0 bridgehead atoms. The zero-order valence-corrected chi connectivity index (χ0v) is 21.7. The van der Waals surface area contributed by atoms with Gasteiger partial charge in [-0.1, -0.05) is 29.3 Å². The fourth-order valence-electron chi connectivity index (χ4n) is 4.29. The van der Waals surface area contributed by atoms with Crippen molar-refractivity contribution in [3.8, 4) is 0 Å². The molecule has 1 unspecified atom stereocenters. The van der Waals surface area contributed by atoms with Crippen LogP contribution >= 0.6 is 23.2 Å². The molecule has 196 valence electrons. The Morgan fingerprint density at radius 1 is 1.14 bits per heavy atom. The zero-order valence-electron chi connectivity index (χ0n) is 20.2. The molecule has 10 nitrogen and oxygen atoms in total. The minimum absolute atomic E-state index is 0.000790. The number of methoxy groups -OCH3 is 1. The number of aliphatic hydroxyl groups is 1. The highest BCUT2D eigenvalue weighted by molar-refractivity contribution is 6.42. The maximum atomic E-state index is 12.9. The summed E-state index contributed by atoms with van der Waals surface area (Å²) in [6, 6.07) is 3.87. The van der Waals surface area contributed by atoms with E-state index in [0.717, 1.165) is 0 Å². The van der Waals surface area contributed by atoms with Crippen LogP contribution in [0.1, 0.15) is 18.4 Å². The van der Waals surface area contributed by atoms with Gasteiger partial charge in [-0.2, -0.15) is 0 Å². The number of rotatable bonds is 6. The summed E-state index contributed by atoms with van der Waals surface area (Å²) in [7, 11) is 2.98. The first-order chi connectivity index (χ1) is 17.1.